The molecule has 0 spiro atoms. The topological polar surface area (TPSA) is 6.48 Å². The zero-order valence-corrected chi connectivity index (χ0v) is 13.3. The van der Waals surface area contributed by atoms with Crippen molar-refractivity contribution in [3.63, 3.8) is 0 Å². The van der Waals surface area contributed by atoms with Gasteiger partial charge in [-0.1, -0.05) is 29.8 Å². The average molecular weight is 301 g/mol. The molecule has 0 aromatic heterocycles. The maximum Gasteiger partial charge on any atom is 0.0440 e. The molecule has 1 fully saturated rings. The van der Waals surface area contributed by atoms with Gasteiger partial charge in [0.1, 0.15) is 0 Å². The number of piperazine rings is 1. The van der Waals surface area contributed by atoms with E-state index in [1.807, 2.05) is 12.1 Å². The van der Waals surface area contributed by atoms with E-state index in [4.69, 9.17) is 11.6 Å². The number of para-hydroxylation sites is 1. The van der Waals surface area contributed by atoms with Crippen LogP contribution in [0.3, 0.4) is 0 Å². The van der Waals surface area contributed by atoms with Gasteiger partial charge in [-0.15, -0.1) is 0 Å². The van der Waals surface area contributed by atoms with Gasteiger partial charge in [-0.3, -0.25) is 0 Å². The second-order valence-corrected chi connectivity index (χ2v) is 6.26. The molecule has 2 aromatic rings. The van der Waals surface area contributed by atoms with E-state index in [1.165, 1.54) is 11.4 Å². The highest BCUT2D eigenvalue weighted by molar-refractivity contribution is 6.30. The van der Waals surface area contributed by atoms with Crippen LogP contribution >= 0.6 is 11.6 Å². The number of benzene rings is 2. The molecule has 0 radical (unpaired) electrons. The molecule has 2 atom stereocenters. The van der Waals surface area contributed by atoms with E-state index in [2.05, 4.69) is 66.1 Å². The number of hydrogen-bond donors (Lipinski definition) is 0. The van der Waals surface area contributed by atoms with E-state index in [0.29, 0.717) is 12.1 Å². The lowest BCUT2D eigenvalue weighted by atomic mass is 10.1. The first-order chi connectivity index (χ1) is 10.1. The van der Waals surface area contributed by atoms with Crippen LogP contribution in [-0.2, 0) is 0 Å². The van der Waals surface area contributed by atoms with Gasteiger partial charge in [0, 0.05) is 41.6 Å². The zero-order valence-electron chi connectivity index (χ0n) is 12.5. The van der Waals surface area contributed by atoms with Crippen molar-refractivity contribution >= 4 is 23.0 Å². The van der Waals surface area contributed by atoms with E-state index < -0.39 is 0 Å². The number of nitrogens with zero attached hydrogens (tertiary/aromatic N) is 2. The summed E-state index contributed by atoms with van der Waals surface area (Å²) in [5, 5.41) is 0.794. The third-order valence-electron chi connectivity index (χ3n) is 4.17. The Morgan fingerprint density at radius 1 is 0.810 bits per heavy atom. The predicted molar refractivity (Wildman–Crippen MR) is 91.5 cm³/mol. The van der Waals surface area contributed by atoms with E-state index in [-0.39, 0.29) is 0 Å². The minimum atomic E-state index is 0.479. The second-order valence-electron chi connectivity index (χ2n) is 5.82. The number of halogens is 1. The van der Waals surface area contributed by atoms with E-state index in [9.17, 15) is 0 Å². The van der Waals surface area contributed by atoms with Crippen molar-refractivity contribution in [2.75, 3.05) is 22.9 Å². The average Bonchev–Trinajstić information content (AvgIpc) is 2.48. The molecule has 1 aliphatic rings. The van der Waals surface area contributed by atoms with Crippen LogP contribution in [0.5, 0.6) is 0 Å². The lowest BCUT2D eigenvalue weighted by molar-refractivity contribution is 0.475. The fourth-order valence-corrected chi connectivity index (χ4v) is 3.42. The first-order valence-electron chi connectivity index (χ1n) is 7.49. The normalized spacial score (nSPS) is 22.4. The van der Waals surface area contributed by atoms with Crippen LogP contribution in [0.25, 0.3) is 0 Å². The van der Waals surface area contributed by atoms with Crippen LogP contribution in [0, 0.1) is 0 Å². The summed E-state index contributed by atoms with van der Waals surface area (Å²) in [4.78, 5) is 4.97. The Hall–Kier alpha value is -1.67. The largest absolute Gasteiger partial charge is 0.367 e. The number of hydrogen-bond acceptors (Lipinski definition) is 2. The molecule has 0 N–H and O–H groups in total. The monoisotopic (exact) mass is 300 g/mol. The SMILES string of the molecule is C[C@@H]1CN(c2ccc(Cl)cc2)C[C@@H](C)N1c1ccccc1. The van der Waals surface area contributed by atoms with Crippen LogP contribution < -0.4 is 9.80 Å². The van der Waals surface area contributed by atoms with Crippen molar-refractivity contribution in [2.45, 2.75) is 25.9 Å². The summed E-state index contributed by atoms with van der Waals surface area (Å²) in [6, 6.07) is 19.8. The fraction of sp³-hybridized carbons (Fsp3) is 0.333. The maximum atomic E-state index is 5.98. The molecule has 0 unspecified atom stereocenters. The Balaban J connectivity index is 1.79. The fourth-order valence-electron chi connectivity index (χ4n) is 3.29. The molecule has 1 aliphatic heterocycles. The molecule has 0 saturated carbocycles. The number of anilines is 2. The molecular weight excluding hydrogens is 280 g/mol. The van der Waals surface area contributed by atoms with Crippen LogP contribution in [-0.4, -0.2) is 25.2 Å². The van der Waals surface area contributed by atoms with Gasteiger partial charge in [-0.05, 0) is 50.2 Å². The van der Waals surface area contributed by atoms with Crippen LogP contribution in [0.1, 0.15) is 13.8 Å². The van der Waals surface area contributed by atoms with Crippen LogP contribution in [0.4, 0.5) is 11.4 Å². The van der Waals surface area contributed by atoms with Gasteiger partial charge in [0.15, 0.2) is 0 Å². The van der Waals surface area contributed by atoms with Gasteiger partial charge in [0.25, 0.3) is 0 Å². The van der Waals surface area contributed by atoms with Crippen LogP contribution in [0.15, 0.2) is 54.6 Å². The molecule has 110 valence electrons. The zero-order chi connectivity index (χ0) is 14.8. The minimum Gasteiger partial charge on any atom is -0.367 e. The van der Waals surface area contributed by atoms with Crippen LogP contribution in [0.2, 0.25) is 5.02 Å². The highest BCUT2D eigenvalue weighted by atomic mass is 35.5. The first-order valence-corrected chi connectivity index (χ1v) is 7.87. The lowest BCUT2D eigenvalue weighted by Crippen LogP contribution is -2.57. The molecule has 0 bridgehead atoms. The summed E-state index contributed by atoms with van der Waals surface area (Å²) in [6.45, 7) is 6.65. The van der Waals surface area contributed by atoms with E-state index in [0.717, 1.165) is 18.1 Å². The molecule has 3 heteroatoms. The molecular formula is C18H21ClN2. The van der Waals surface area contributed by atoms with Gasteiger partial charge in [-0.2, -0.15) is 0 Å². The summed E-state index contributed by atoms with van der Waals surface area (Å²) < 4.78 is 0. The Kier molecular flexibility index (Phi) is 4.07. The molecule has 0 aliphatic carbocycles. The third kappa shape index (κ3) is 3.01. The van der Waals surface area contributed by atoms with Crippen molar-refractivity contribution in [2.24, 2.45) is 0 Å². The third-order valence-corrected chi connectivity index (χ3v) is 4.42. The van der Waals surface area contributed by atoms with Crippen molar-refractivity contribution < 1.29 is 0 Å². The Labute approximate surface area is 131 Å². The van der Waals surface area contributed by atoms with E-state index >= 15 is 0 Å². The smallest absolute Gasteiger partial charge is 0.0440 e. The van der Waals surface area contributed by atoms with Gasteiger partial charge in [0.05, 0.1) is 0 Å². The standard InChI is InChI=1S/C18H21ClN2/c1-14-12-20(17-10-8-16(19)9-11-17)13-15(2)21(14)18-6-4-3-5-7-18/h3-11,14-15H,12-13H2,1-2H3/t14-,15-/m1/s1. The van der Waals surface area contributed by atoms with Gasteiger partial charge in [-0.25, -0.2) is 0 Å². The van der Waals surface area contributed by atoms with E-state index in [1.54, 1.807) is 0 Å². The first kappa shape index (κ1) is 14.3. The Bertz CT molecular complexity index is 570. The van der Waals surface area contributed by atoms with Gasteiger partial charge < -0.3 is 9.80 Å². The van der Waals surface area contributed by atoms with Crippen molar-refractivity contribution in [1.82, 2.24) is 0 Å². The van der Waals surface area contributed by atoms with Crippen molar-refractivity contribution in [3.05, 3.63) is 59.6 Å². The summed E-state index contributed by atoms with van der Waals surface area (Å²) >= 11 is 5.98. The second kappa shape index (κ2) is 5.98. The molecule has 0 amide bonds. The summed E-state index contributed by atoms with van der Waals surface area (Å²) in [5.41, 5.74) is 2.57. The summed E-state index contributed by atoms with van der Waals surface area (Å²) in [7, 11) is 0. The van der Waals surface area contributed by atoms with Gasteiger partial charge in [0.2, 0.25) is 0 Å². The quantitative estimate of drug-likeness (QED) is 0.809. The summed E-state index contributed by atoms with van der Waals surface area (Å²) in [6.07, 6.45) is 0. The summed E-state index contributed by atoms with van der Waals surface area (Å²) in [5.74, 6) is 0. The number of rotatable bonds is 2. The lowest BCUT2D eigenvalue weighted by Gasteiger charge is -2.46. The predicted octanol–water partition coefficient (Wildman–Crippen LogP) is 4.44. The highest BCUT2D eigenvalue weighted by Crippen LogP contribution is 2.27. The molecule has 21 heavy (non-hydrogen) atoms. The Morgan fingerprint density at radius 2 is 1.38 bits per heavy atom. The van der Waals surface area contributed by atoms with Crippen molar-refractivity contribution in [3.8, 4) is 0 Å². The molecule has 1 heterocycles. The maximum absolute atomic E-state index is 5.98. The Morgan fingerprint density at radius 3 is 1.95 bits per heavy atom. The van der Waals surface area contributed by atoms with Crippen molar-refractivity contribution in [1.29, 1.82) is 0 Å². The molecule has 3 rings (SSSR count). The molecule has 2 aromatic carbocycles. The molecule has 2 nitrogen and oxygen atoms in total. The highest BCUT2D eigenvalue weighted by Gasteiger charge is 2.29. The molecule has 1 saturated heterocycles. The minimum absolute atomic E-state index is 0.479. The van der Waals surface area contributed by atoms with Gasteiger partial charge >= 0.3 is 0 Å².